The summed E-state index contributed by atoms with van der Waals surface area (Å²) in [6.07, 6.45) is 0. The monoisotopic (exact) mass is 1090 g/mol. The van der Waals surface area contributed by atoms with Crippen LogP contribution in [0.2, 0.25) is 0 Å². The summed E-state index contributed by atoms with van der Waals surface area (Å²) in [5, 5.41) is 22.1. The van der Waals surface area contributed by atoms with Crippen molar-refractivity contribution in [1.82, 2.24) is 0 Å². The number of carbonyl (C=O) groups excluding carboxylic acids is 4. The van der Waals surface area contributed by atoms with E-state index in [1.807, 2.05) is 0 Å². The number of methoxy groups -OCH3 is 2. The summed E-state index contributed by atoms with van der Waals surface area (Å²) < 4.78 is 63.9. The number of carboxylic acids is 2. The van der Waals surface area contributed by atoms with Gasteiger partial charge in [0, 0.05) is 50.5 Å². The maximum atomic E-state index is 13.0. The van der Waals surface area contributed by atoms with Gasteiger partial charge in [0.25, 0.3) is 11.8 Å². The second-order valence-electron chi connectivity index (χ2n) is 14.9. The number of amides is 2. The summed E-state index contributed by atoms with van der Waals surface area (Å²) in [4.78, 5) is 106. The first kappa shape index (κ1) is 55.1. The van der Waals surface area contributed by atoms with Crippen molar-refractivity contribution in [1.29, 1.82) is 0 Å². The summed E-state index contributed by atoms with van der Waals surface area (Å²) in [5.74, 6) is -5.92. The molecule has 9 rings (SSSR count). The molecule has 0 saturated carbocycles. The van der Waals surface area contributed by atoms with E-state index in [4.69, 9.17) is 23.5 Å². The Labute approximate surface area is 430 Å². The first-order valence-electron chi connectivity index (χ1n) is 21.0. The van der Waals surface area contributed by atoms with Crippen LogP contribution in [0.5, 0.6) is 0 Å². The molecule has 386 valence electrons. The van der Waals surface area contributed by atoms with Crippen molar-refractivity contribution in [3.63, 3.8) is 0 Å². The third-order valence-corrected chi connectivity index (χ3v) is 13.4. The number of hydrogen-bond acceptors (Lipinski definition) is 18. The van der Waals surface area contributed by atoms with Crippen molar-refractivity contribution in [2.24, 2.45) is 0 Å². The van der Waals surface area contributed by atoms with Gasteiger partial charge in [0.2, 0.25) is 0 Å². The minimum Gasteiger partial charge on any atom is -0.478 e. The van der Waals surface area contributed by atoms with Gasteiger partial charge >= 0.3 is 40.8 Å². The highest BCUT2D eigenvalue weighted by molar-refractivity contribution is 7.23. The number of rotatable bonds is 9. The van der Waals surface area contributed by atoms with Gasteiger partial charge in [-0.3, -0.25) is 9.59 Å². The van der Waals surface area contributed by atoms with Gasteiger partial charge in [-0.1, -0.05) is 0 Å². The van der Waals surface area contributed by atoms with E-state index in [1.54, 1.807) is 20.2 Å². The highest BCUT2D eigenvalue weighted by Gasteiger charge is 2.22. The Balaban J connectivity index is 0.000000170. The van der Waals surface area contributed by atoms with Crippen LogP contribution in [-0.2, 0) is 9.47 Å². The maximum Gasteiger partial charge on any atom is 0.351 e. The van der Waals surface area contributed by atoms with E-state index in [9.17, 15) is 56.3 Å². The highest BCUT2D eigenvalue weighted by Crippen LogP contribution is 2.34. The molecule has 0 atom stereocenters. The zero-order chi connectivity index (χ0) is 54.8. The smallest absolute Gasteiger partial charge is 0.351 e. The summed E-state index contributed by atoms with van der Waals surface area (Å²) in [6.45, 7) is 0. The fraction of sp³-hybridized carbons (Fsp3) is 0.100. The Kier molecular flexibility index (Phi) is 17.6. The number of carboxylic acid groups (broad SMARTS) is 2. The Hall–Kier alpha value is -9.20. The third kappa shape index (κ3) is 13.3. The van der Waals surface area contributed by atoms with E-state index in [-0.39, 0.29) is 39.7 Å². The van der Waals surface area contributed by atoms with Crippen molar-refractivity contribution in [2.45, 2.75) is 0 Å². The van der Waals surface area contributed by atoms with Crippen LogP contribution >= 0.6 is 34.0 Å². The predicted octanol–water partition coefficient (Wildman–Crippen LogP) is 9.23. The van der Waals surface area contributed by atoms with Crippen molar-refractivity contribution < 1.29 is 74.9 Å². The molecule has 0 fully saturated rings. The number of halogens is 3. The minimum atomic E-state index is -1.38. The van der Waals surface area contributed by atoms with Gasteiger partial charge in [0.15, 0.2) is 16.7 Å². The second-order valence-corrected chi connectivity index (χ2v) is 18.1. The number of anilines is 3. The van der Waals surface area contributed by atoms with E-state index in [1.165, 1.54) is 145 Å². The number of hydrogen-bond donors (Lipinski definition) is 3. The molecule has 6 aromatic heterocycles. The molecule has 0 spiro atoms. The Morgan fingerprint density at radius 1 is 0.493 bits per heavy atom. The van der Waals surface area contributed by atoms with Crippen LogP contribution in [0.15, 0.2) is 137 Å². The zero-order valence-electron chi connectivity index (χ0n) is 39.3. The van der Waals surface area contributed by atoms with E-state index in [0.717, 1.165) is 33.2 Å². The number of benzene rings is 3. The summed E-state index contributed by atoms with van der Waals surface area (Å²) in [7, 11) is 7.23. The molecule has 2 amide bonds. The fourth-order valence-electron chi connectivity index (χ4n) is 6.19. The molecule has 9 aromatic rings. The van der Waals surface area contributed by atoms with Crippen molar-refractivity contribution in [3.8, 4) is 0 Å². The van der Waals surface area contributed by atoms with Gasteiger partial charge in [0.05, 0.1) is 38.9 Å². The molecule has 0 saturated heterocycles. The lowest BCUT2D eigenvalue weighted by atomic mass is 10.2. The van der Waals surface area contributed by atoms with Crippen LogP contribution in [0.1, 0.15) is 62.1 Å². The second kappa shape index (κ2) is 24.0. The van der Waals surface area contributed by atoms with Crippen LogP contribution in [0.3, 0.4) is 0 Å². The van der Waals surface area contributed by atoms with Crippen molar-refractivity contribution in [2.75, 3.05) is 50.5 Å². The van der Waals surface area contributed by atoms with Gasteiger partial charge in [-0.25, -0.2) is 46.7 Å². The topological polar surface area (TPSA) is 270 Å². The standard InChI is InChI=1S/C17H12FNO5S.C16H10FNO5S.C10H9NO4S.C7H5FO2/c1-19(15(20)9-3-5-10(18)6-4-9)14-8-12-13(25-14)7-11(16(21)23-2)17(22)24-12;1-18(14(19)8-2-4-9(17)5-3-8)13-7-11-12(24-13)6-10(15(20)21)16(22)23-11;1-11-8-4-6-7(16-8)3-5(9(12)14-2)10(13)15-6;8-6-3-1-5(2-4-6)7(9)10/h3-8H,1-2H3;2-7H,1H3,(H,20,21);3-4,11H,1-2H3;1-4H,(H,9,10). The van der Waals surface area contributed by atoms with Crippen LogP contribution in [0.25, 0.3) is 30.8 Å². The quantitative estimate of drug-likeness (QED) is 0.114. The van der Waals surface area contributed by atoms with Crippen LogP contribution < -0.4 is 32.0 Å². The van der Waals surface area contributed by atoms with E-state index < -0.39 is 63.8 Å². The minimum absolute atomic E-state index is 0.0838. The van der Waals surface area contributed by atoms with Gasteiger partial charge in [-0.2, -0.15) is 0 Å². The number of esters is 2. The average Bonchev–Trinajstić information content (AvgIpc) is 4.14. The molecule has 0 radical (unpaired) electrons. The van der Waals surface area contributed by atoms with Crippen molar-refractivity contribution in [3.05, 3.63) is 191 Å². The molecular formula is C50H36F3N3O16S3. The van der Waals surface area contributed by atoms with E-state index in [2.05, 4.69) is 14.8 Å². The lowest BCUT2D eigenvalue weighted by Crippen LogP contribution is -2.25. The van der Waals surface area contributed by atoms with E-state index >= 15 is 0 Å². The van der Waals surface area contributed by atoms with Gasteiger partial charge in [0.1, 0.15) is 44.1 Å². The third-order valence-electron chi connectivity index (χ3n) is 10.1. The lowest BCUT2D eigenvalue weighted by molar-refractivity contribution is 0.0587. The zero-order valence-corrected chi connectivity index (χ0v) is 41.7. The summed E-state index contributed by atoms with van der Waals surface area (Å²) in [5.41, 5.74) is -1.57. The molecule has 0 unspecified atom stereocenters. The number of thiophene rings is 3. The molecule has 25 heteroatoms. The van der Waals surface area contributed by atoms with Gasteiger partial charge < -0.3 is 48.1 Å². The SMILES string of the molecule is CN(C(=O)c1ccc(F)cc1)c1cc2oc(=O)c(C(=O)O)cc2s1.CNc1cc2oc(=O)c(C(=O)OC)cc2s1.COC(=O)c1cc2sc(N(C)C(=O)c3ccc(F)cc3)cc2oc1=O.O=C(O)c1ccc(F)cc1. The Bertz CT molecular complexity index is 3810. The Morgan fingerprint density at radius 2 is 0.827 bits per heavy atom. The molecule has 0 bridgehead atoms. The van der Waals surface area contributed by atoms with Crippen LogP contribution in [0.4, 0.5) is 28.2 Å². The predicted molar refractivity (Wildman–Crippen MR) is 272 cm³/mol. The summed E-state index contributed by atoms with van der Waals surface area (Å²) >= 11 is 3.68. The average molecular weight is 1090 g/mol. The molecule has 75 heavy (non-hydrogen) atoms. The molecule has 0 aliphatic heterocycles. The molecule has 0 aliphatic rings. The number of carbonyl (C=O) groups is 6. The number of nitrogens with one attached hydrogen (secondary N) is 1. The molecule has 3 aromatic carbocycles. The number of nitrogens with zero attached hydrogens (tertiary/aromatic N) is 2. The molecule has 6 heterocycles. The molecule has 3 N–H and O–H groups in total. The fourth-order valence-corrected chi connectivity index (χ4v) is 9.05. The summed E-state index contributed by atoms with van der Waals surface area (Å²) in [6, 6.07) is 23.7. The number of ether oxygens (including phenoxy) is 2. The first-order chi connectivity index (χ1) is 35.6. The molecular weight excluding hydrogens is 1050 g/mol. The van der Waals surface area contributed by atoms with E-state index in [0.29, 0.717) is 36.1 Å². The molecule has 0 aliphatic carbocycles. The Morgan fingerprint density at radius 3 is 1.17 bits per heavy atom. The first-order valence-corrected chi connectivity index (χ1v) is 23.4. The molecule has 19 nitrogen and oxygen atoms in total. The maximum absolute atomic E-state index is 13.0. The van der Waals surface area contributed by atoms with Crippen LogP contribution in [0, 0.1) is 17.5 Å². The normalized spacial score (nSPS) is 10.5. The van der Waals surface area contributed by atoms with Gasteiger partial charge in [-0.15, -0.1) is 34.0 Å². The van der Waals surface area contributed by atoms with Crippen LogP contribution in [-0.4, -0.2) is 81.3 Å². The highest BCUT2D eigenvalue weighted by atomic mass is 32.1. The number of fused-ring (bicyclic) bond motifs is 3. The number of aromatic carboxylic acids is 2. The van der Waals surface area contributed by atoms with Crippen molar-refractivity contribution >= 4 is 116 Å². The lowest BCUT2D eigenvalue weighted by Gasteiger charge is -2.14. The largest absolute Gasteiger partial charge is 0.478 e. The van der Waals surface area contributed by atoms with Gasteiger partial charge in [-0.05, 0) is 91.0 Å².